The van der Waals surface area contributed by atoms with Crippen molar-refractivity contribution < 1.29 is 22.8 Å². The summed E-state index contributed by atoms with van der Waals surface area (Å²) in [4.78, 5) is 24.9. The Morgan fingerprint density at radius 1 is 1.29 bits per heavy atom. The van der Waals surface area contributed by atoms with Crippen LogP contribution in [-0.2, 0) is 7.05 Å². The number of carbonyl (C=O) groups is 2. The van der Waals surface area contributed by atoms with E-state index in [0.29, 0.717) is 38.0 Å². The van der Waals surface area contributed by atoms with Crippen LogP contribution in [0.5, 0.6) is 0 Å². The number of likely N-dealkylation sites (tertiary alicyclic amines) is 1. The number of amides is 3. The highest BCUT2D eigenvalue weighted by Gasteiger charge is 2.30. The number of aryl methyl sites for hydroxylation is 1. The van der Waals surface area contributed by atoms with Crippen LogP contribution in [0.3, 0.4) is 0 Å². The maximum Gasteiger partial charge on any atom is 0.405 e. The zero-order valence-electron chi connectivity index (χ0n) is 13.3. The zero-order valence-corrected chi connectivity index (χ0v) is 13.3. The molecule has 1 aromatic heterocycles. The van der Waals surface area contributed by atoms with Gasteiger partial charge in [0.1, 0.15) is 6.54 Å². The van der Waals surface area contributed by atoms with Crippen molar-refractivity contribution in [3.8, 4) is 0 Å². The van der Waals surface area contributed by atoms with Gasteiger partial charge in [0.15, 0.2) is 0 Å². The van der Waals surface area contributed by atoms with Crippen LogP contribution >= 0.6 is 0 Å². The quantitative estimate of drug-likeness (QED) is 0.857. The molecule has 24 heavy (non-hydrogen) atoms. The smallest absolute Gasteiger partial charge is 0.352 e. The van der Waals surface area contributed by atoms with E-state index in [0.717, 1.165) is 0 Å². The minimum atomic E-state index is -4.41. The van der Waals surface area contributed by atoms with E-state index in [9.17, 15) is 22.8 Å². The van der Waals surface area contributed by atoms with Gasteiger partial charge >= 0.3 is 12.2 Å². The lowest BCUT2D eigenvalue weighted by Crippen LogP contribution is -2.48. The Hall–Kier alpha value is -2.26. The molecule has 1 aliphatic heterocycles. The van der Waals surface area contributed by atoms with Crippen LogP contribution in [0.25, 0.3) is 0 Å². The number of hydrogen-bond acceptors (Lipinski definition) is 3. The summed E-state index contributed by atoms with van der Waals surface area (Å²) in [6.45, 7) is -0.118. The van der Waals surface area contributed by atoms with Gasteiger partial charge in [-0.15, -0.1) is 0 Å². The van der Waals surface area contributed by atoms with E-state index in [1.165, 1.54) is 15.8 Å². The van der Waals surface area contributed by atoms with Gasteiger partial charge in [-0.2, -0.15) is 18.3 Å². The Bertz CT molecular complexity index is 579. The van der Waals surface area contributed by atoms with E-state index in [1.54, 1.807) is 13.2 Å². The molecule has 0 saturated carbocycles. The highest BCUT2D eigenvalue weighted by Crippen LogP contribution is 2.17. The van der Waals surface area contributed by atoms with E-state index in [4.69, 9.17) is 0 Å². The van der Waals surface area contributed by atoms with Crippen molar-refractivity contribution in [2.75, 3.05) is 26.2 Å². The Balaban J connectivity index is 1.69. The van der Waals surface area contributed by atoms with Crippen LogP contribution in [-0.4, -0.2) is 59.0 Å². The number of alkyl halides is 3. The molecule has 0 spiro atoms. The second kappa shape index (κ2) is 7.54. The highest BCUT2D eigenvalue weighted by atomic mass is 19.4. The van der Waals surface area contributed by atoms with E-state index in [2.05, 4.69) is 10.4 Å². The molecule has 7 nitrogen and oxygen atoms in total. The molecule has 134 valence electrons. The van der Waals surface area contributed by atoms with Gasteiger partial charge in [0.2, 0.25) is 0 Å². The molecular formula is C14H20F3N5O2. The molecule has 1 aromatic rings. The van der Waals surface area contributed by atoms with Gasteiger partial charge in [-0.25, -0.2) is 4.79 Å². The lowest BCUT2D eigenvalue weighted by molar-refractivity contribution is -0.123. The predicted molar refractivity (Wildman–Crippen MR) is 79.3 cm³/mol. The zero-order chi connectivity index (χ0) is 17.7. The Labute approximate surface area is 137 Å². The molecule has 0 atom stereocenters. The maximum absolute atomic E-state index is 12.1. The molecule has 10 heteroatoms. The number of hydrogen-bond donors (Lipinski definition) is 2. The summed E-state index contributed by atoms with van der Waals surface area (Å²) >= 11 is 0. The first-order chi connectivity index (χ1) is 11.2. The summed E-state index contributed by atoms with van der Waals surface area (Å²) in [5, 5.41) is 8.60. The van der Waals surface area contributed by atoms with Crippen LogP contribution in [0, 0.1) is 5.92 Å². The molecule has 0 bridgehead atoms. The molecule has 1 aliphatic rings. The van der Waals surface area contributed by atoms with Gasteiger partial charge in [0, 0.05) is 32.9 Å². The van der Waals surface area contributed by atoms with Crippen molar-refractivity contribution in [2.24, 2.45) is 13.0 Å². The summed E-state index contributed by atoms with van der Waals surface area (Å²) in [6, 6.07) is -0.704. The first-order valence-electron chi connectivity index (χ1n) is 7.61. The van der Waals surface area contributed by atoms with Gasteiger partial charge in [-0.05, 0) is 18.8 Å². The number of nitrogens with one attached hydrogen (secondary N) is 2. The van der Waals surface area contributed by atoms with Crippen molar-refractivity contribution in [1.29, 1.82) is 0 Å². The van der Waals surface area contributed by atoms with Gasteiger partial charge in [-0.1, -0.05) is 0 Å². The molecule has 0 radical (unpaired) electrons. The van der Waals surface area contributed by atoms with Gasteiger partial charge in [0.25, 0.3) is 5.91 Å². The molecule has 2 heterocycles. The standard InChI is InChI=1S/C14H20F3N5O2/c1-21-8-11(7-20-21)12(23)18-6-10-2-4-22(5-3-10)13(24)19-9-14(15,16)17/h7-8,10H,2-6,9H2,1H3,(H,18,23)(H,19,24). The summed E-state index contributed by atoms with van der Waals surface area (Å²) in [5.74, 6) is -0.0225. The van der Waals surface area contributed by atoms with E-state index < -0.39 is 18.8 Å². The van der Waals surface area contributed by atoms with Gasteiger partial charge < -0.3 is 15.5 Å². The summed E-state index contributed by atoms with van der Waals surface area (Å²) < 4.78 is 37.8. The van der Waals surface area contributed by atoms with Gasteiger partial charge in [-0.3, -0.25) is 9.48 Å². The minimum absolute atomic E-state index is 0.192. The van der Waals surface area contributed by atoms with E-state index >= 15 is 0 Å². The molecule has 1 saturated heterocycles. The van der Waals surface area contributed by atoms with Crippen molar-refractivity contribution in [3.63, 3.8) is 0 Å². The number of urea groups is 1. The fourth-order valence-corrected chi connectivity index (χ4v) is 2.51. The van der Waals surface area contributed by atoms with Crippen molar-refractivity contribution >= 4 is 11.9 Å². The minimum Gasteiger partial charge on any atom is -0.352 e. The Morgan fingerprint density at radius 3 is 2.50 bits per heavy atom. The third kappa shape index (κ3) is 5.43. The van der Waals surface area contributed by atoms with Crippen LogP contribution in [0.4, 0.5) is 18.0 Å². The van der Waals surface area contributed by atoms with Crippen molar-refractivity contribution in [1.82, 2.24) is 25.3 Å². The Kier molecular flexibility index (Phi) is 5.68. The maximum atomic E-state index is 12.1. The SMILES string of the molecule is Cn1cc(C(=O)NCC2CCN(C(=O)NCC(F)(F)F)CC2)cn1. The van der Waals surface area contributed by atoms with Gasteiger partial charge in [0.05, 0.1) is 11.8 Å². The largest absolute Gasteiger partial charge is 0.405 e. The van der Waals surface area contributed by atoms with E-state index in [1.807, 2.05) is 5.32 Å². The normalized spacial score (nSPS) is 16.1. The number of rotatable bonds is 4. The average Bonchev–Trinajstić information content (AvgIpc) is 2.96. The lowest BCUT2D eigenvalue weighted by Gasteiger charge is -2.32. The van der Waals surface area contributed by atoms with E-state index in [-0.39, 0.29) is 11.8 Å². The number of piperidine rings is 1. The number of nitrogens with zero attached hydrogens (tertiary/aromatic N) is 3. The molecule has 0 unspecified atom stereocenters. The highest BCUT2D eigenvalue weighted by molar-refractivity contribution is 5.93. The van der Waals surface area contributed by atoms with Crippen molar-refractivity contribution in [3.05, 3.63) is 18.0 Å². The molecule has 0 aliphatic carbocycles. The molecule has 3 amide bonds. The fourth-order valence-electron chi connectivity index (χ4n) is 2.51. The van der Waals surface area contributed by atoms with Crippen LogP contribution < -0.4 is 10.6 Å². The third-order valence-corrected chi connectivity index (χ3v) is 3.86. The first-order valence-corrected chi connectivity index (χ1v) is 7.61. The number of carbonyl (C=O) groups excluding carboxylic acids is 2. The van der Waals surface area contributed by atoms with Crippen LogP contribution in [0.15, 0.2) is 12.4 Å². The molecule has 0 aromatic carbocycles. The molecule has 2 N–H and O–H groups in total. The predicted octanol–water partition coefficient (Wildman–Crippen LogP) is 1.13. The summed E-state index contributed by atoms with van der Waals surface area (Å²) in [7, 11) is 1.72. The molecule has 2 rings (SSSR count). The second-order valence-electron chi connectivity index (χ2n) is 5.82. The lowest BCUT2D eigenvalue weighted by atomic mass is 9.97. The van der Waals surface area contributed by atoms with Crippen LogP contribution in [0.1, 0.15) is 23.2 Å². The Morgan fingerprint density at radius 2 is 1.96 bits per heavy atom. The summed E-state index contributed by atoms with van der Waals surface area (Å²) in [5.41, 5.74) is 0.474. The second-order valence-corrected chi connectivity index (χ2v) is 5.82. The monoisotopic (exact) mass is 347 g/mol. The number of aromatic nitrogens is 2. The first kappa shape index (κ1) is 18.1. The third-order valence-electron chi connectivity index (χ3n) is 3.86. The van der Waals surface area contributed by atoms with Crippen LogP contribution in [0.2, 0.25) is 0 Å². The number of halogens is 3. The fraction of sp³-hybridized carbons (Fsp3) is 0.643. The molecular weight excluding hydrogens is 327 g/mol. The average molecular weight is 347 g/mol. The molecule has 1 fully saturated rings. The van der Waals surface area contributed by atoms with Crippen molar-refractivity contribution in [2.45, 2.75) is 19.0 Å². The topological polar surface area (TPSA) is 79.3 Å². The summed E-state index contributed by atoms with van der Waals surface area (Å²) in [6.07, 6.45) is -0.0596.